The molecule has 0 aromatic carbocycles. The highest BCUT2D eigenvalue weighted by molar-refractivity contribution is 7.16. The van der Waals surface area contributed by atoms with Crippen molar-refractivity contribution in [3.8, 4) is 0 Å². The van der Waals surface area contributed by atoms with Crippen LogP contribution in [0.2, 0.25) is 0 Å². The van der Waals surface area contributed by atoms with Crippen molar-refractivity contribution in [3.05, 3.63) is 31.8 Å². The van der Waals surface area contributed by atoms with Crippen molar-refractivity contribution in [2.75, 3.05) is 0 Å². The van der Waals surface area contributed by atoms with Gasteiger partial charge in [-0.15, -0.1) is 11.3 Å². The minimum Gasteiger partial charge on any atom is -0.298 e. The maximum atomic E-state index is 13.1. The Hall–Kier alpha value is -1.57. The summed E-state index contributed by atoms with van der Waals surface area (Å²) in [5.74, 6) is 0. The first-order valence-corrected chi connectivity index (χ1v) is 6.46. The van der Waals surface area contributed by atoms with Gasteiger partial charge >= 0.3 is 11.9 Å². The van der Waals surface area contributed by atoms with Crippen molar-refractivity contribution in [1.82, 2.24) is 9.55 Å². The van der Waals surface area contributed by atoms with E-state index in [9.17, 15) is 22.8 Å². The average Bonchev–Trinajstić information content (AvgIpc) is 2.99. The second kappa shape index (κ2) is 3.50. The zero-order chi connectivity index (χ0) is 14.0. The fourth-order valence-electron chi connectivity index (χ4n) is 2.30. The quantitative estimate of drug-likeness (QED) is 0.874. The monoisotopic (exact) mass is 290 g/mol. The predicted molar refractivity (Wildman–Crippen MR) is 64.7 cm³/mol. The Morgan fingerprint density at radius 2 is 2.00 bits per heavy atom. The third-order valence-corrected chi connectivity index (χ3v) is 4.51. The van der Waals surface area contributed by atoms with Crippen molar-refractivity contribution < 1.29 is 13.2 Å². The van der Waals surface area contributed by atoms with E-state index < -0.39 is 23.0 Å². The molecule has 8 heteroatoms. The largest absolute Gasteiger partial charge is 0.412 e. The van der Waals surface area contributed by atoms with E-state index in [2.05, 4.69) is 4.98 Å². The lowest BCUT2D eigenvalue weighted by molar-refractivity contribution is -0.181. The van der Waals surface area contributed by atoms with Gasteiger partial charge in [0.1, 0.15) is 10.4 Å². The van der Waals surface area contributed by atoms with Crippen LogP contribution in [0.5, 0.6) is 0 Å². The lowest BCUT2D eigenvalue weighted by Gasteiger charge is -2.20. The molecule has 1 aliphatic carbocycles. The minimum absolute atomic E-state index is 0.167. The number of aromatic amines is 1. The summed E-state index contributed by atoms with van der Waals surface area (Å²) < 4.78 is 39.5. The van der Waals surface area contributed by atoms with Crippen LogP contribution in [0, 0.1) is 6.92 Å². The lowest BCUT2D eigenvalue weighted by Crippen LogP contribution is -2.49. The molecule has 1 aliphatic rings. The number of thiophene rings is 1. The topological polar surface area (TPSA) is 54.9 Å². The molecule has 0 aliphatic heterocycles. The molecule has 102 valence electrons. The number of rotatable bonds is 1. The van der Waals surface area contributed by atoms with E-state index in [1.54, 1.807) is 12.3 Å². The van der Waals surface area contributed by atoms with Crippen molar-refractivity contribution >= 4 is 21.6 Å². The summed E-state index contributed by atoms with van der Waals surface area (Å²) in [7, 11) is 0. The zero-order valence-corrected chi connectivity index (χ0v) is 10.6. The van der Waals surface area contributed by atoms with Crippen molar-refractivity contribution in [2.45, 2.75) is 31.5 Å². The van der Waals surface area contributed by atoms with Crippen LogP contribution < -0.4 is 11.2 Å². The molecule has 0 spiro atoms. The molecule has 0 saturated heterocycles. The van der Waals surface area contributed by atoms with Gasteiger partial charge in [0, 0.05) is 0 Å². The van der Waals surface area contributed by atoms with Crippen LogP contribution >= 0.6 is 11.3 Å². The van der Waals surface area contributed by atoms with Crippen LogP contribution in [0.1, 0.15) is 18.4 Å². The molecule has 0 bridgehead atoms. The minimum atomic E-state index is -4.60. The first kappa shape index (κ1) is 12.5. The average molecular weight is 290 g/mol. The van der Waals surface area contributed by atoms with E-state index in [4.69, 9.17) is 0 Å². The van der Waals surface area contributed by atoms with E-state index in [0.29, 0.717) is 15.0 Å². The maximum absolute atomic E-state index is 13.1. The fourth-order valence-corrected chi connectivity index (χ4v) is 3.22. The Balaban J connectivity index is 2.40. The normalized spacial score (nSPS) is 17.9. The second-order valence-electron chi connectivity index (χ2n) is 4.72. The highest BCUT2D eigenvalue weighted by Gasteiger charge is 2.66. The second-order valence-corrected chi connectivity index (χ2v) is 5.60. The highest BCUT2D eigenvalue weighted by atomic mass is 32.1. The van der Waals surface area contributed by atoms with E-state index in [0.717, 1.165) is 11.3 Å². The smallest absolute Gasteiger partial charge is 0.298 e. The Morgan fingerprint density at radius 1 is 1.37 bits per heavy atom. The summed E-state index contributed by atoms with van der Waals surface area (Å²) in [6.45, 7) is 1.63. The summed E-state index contributed by atoms with van der Waals surface area (Å²) in [5, 5.41) is 1.81. The number of aryl methyl sites for hydroxylation is 1. The number of hydrogen-bond donors (Lipinski definition) is 1. The molecule has 3 rings (SSSR count). The van der Waals surface area contributed by atoms with Gasteiger partial charge in [-0.05, 0) is 30.7 Å². The molecule has 19 heavy (non-hydrogen) atoms. The number of hydrogen-bond acceptors (Lipinski definition) is 3. The molecule has 0 amide bonds. The Bertz CT molecular complexity index is 780. The van der Waals surface area contributed by atoms with Crippen molar-refractivity contribution in [1.29, 1.82) is 0 Å². The Morgan fingerprint density at radius 3 is 2.53 bits per heavy atom. The number of nitrogens with zero attached hydrogens (tertiary/aromatic N) is 1. The van der Waals surface area contributed by atoms with E-state index in [1.165, 1.54) is 0 Å². The van der Waals surface area contributed by atoms with E-state index in [-0.39, 0.29) is 18.2 Å². The molecule has 1 fully saturated rings. The number of halogens is 3. The number of fused-ring (bicyclic) bond motifs is 1. The van der Waals surface area contributed by atoms with Crippen LogP contribution in [-0.2, 0) is 5.54 Å². The molecular weight excluding hydrogens is 281 g/mol. The predicted octanol–water partition coefficient (Wildman–Crippen LogP) is 2.11. The third kappa shape index (κ3) is 1.52. The molecule has 1 saturated carbocycles. The van der Waals surface area contributed by atoms with Crippen LogP contribution in [0.25, 0.3) is 10.2 Å². The molecule has 1 N–H and O–H groups in total. The van der Waals surface area contributed by atoms with E-state index in [1.807, 2.05) is 0 Å². The molecule has 0 atom stereocenters. The molecule has 0 radical (unpaired) electrons. The summed E-state index contributed by atoms with van der Waals surface area (Å²) in [5.41, 5.74) is -3.59. The zero-order valence-electron chi connectivity index (χ0n) is 9.80. The standard InChI is InChI=1S/C11H9F3N2O2S/c1-5-4-19-7-6(5)8(17)16(9(18)15-7)10(2-3-10)11(12,13)14/h4H,2-3H2,1H3,(H,15,18). The number of alkyl halides is 3. The number of aromatic nitrogens is 2. The van der Waals surface area contributed by atoms with Gasteiger partial charge in [0.2, 0.25) is 0 Å². The molecular formula is C11H9F3N2O2S. The van der Waals surface area contributed by atoms with Crippen LogP contribution in [0.3, 0.4) is 0 Å². The first-order chi connectivity index (χ1) is 8.78. The van der Waals surface area contributed by atoms with Gasteiger partial charge in [-0.3, -0.25) is 9.78 Å². The Kier molecular flexibility index (Phi) is 2.30. The SMILES string of the molecule is Cc1csc2[nH]c(=O)n(C3(C(F)(F)F)CC3)c(=O)c12. The van der Waals surface area contributed by atoms with Crippen LogP contribution in [0.4, 0.5) is 13.2 Å². The lowest BCUT2D eigenvalue weighted by atomic mass is 10.2. The molecule has 0 unspecified atom stereocenters. The first-order valence-electron chi connectivity index (χ1n) is 5.58. The van der Waals surface area contributed by atoms with Gasteiger partial charge in [0.05, 0.1) is 5.39 Å². The summed E-state index contributed by atoms with van der Waals surface area (Å²) in [6, 6.07) is 0. The van der Waals surface area contributed by atoms with Gasteiger partial charge in [-0.1, -0.05) is 0 Å². The van der Waals surface area contributed by atoms with Gasteiger partial charge in [0.15, 0.2) is 0 Å². The van der Waals surface area contributed by atoms with Gasteiger partial charge in [0.25, 0.3) is 5.56 Å². The van der Waals surface area contributed by atoms with Crippen molar-refractivity contribution in [2.24, 2.45) is 0 Å². The summed E-state index contributed by atoms with van der Waals surface area (Å²) in [6.07, 6.45) is -5.05. The van der Waals surface area contributed by atoms with Crippen LogP contribution in [-0.4, -0.2) is 15.7 Å². The maximum Gasteiger partial charge on any atom is 0.412 e. The molecule has 2 aromatic heterocycles. The van der Waals surface area contributed by atoms with Gasteiger partial charge in [-0.2, -0.15) is 13.2 Å². The third-order valence-electron chi connectivity index (χ3n) is 3.49. The van der Waals surface area contributed by atoms with E-state index >= 15 is 0 Å². The molecule has 2 aromatic rings. The molecule has 2 heterocycles. The van der Waals surface area contributed by atoms with Crippen LogP contribution in [0.15, 0.2) is 15.0 Å². The van der Waals surface area contributed by atoms with Crippen molar-refractivity contribution in [3.63, 3.8) is 0 Å². The number of nitrogens with one attached hydrogen (secondary N) is 1. The van der Waals surface area contributed by atoms with Gasteiger partial charge in [-0.25, -0.2) is 9.36 Å². The fraction of sp³-hybridized carbons (Fsp3) is 0.455. The van der Waals surface area contributed by atoms with Gasteiger partial charge < -0.3 is 0 Å². The summed E-state index contributed by atoms with van der Waals surface area (Å²) >= 11 is 1.14. The number of H-pyrrole nitrogens is 1. The molecule has 4 nitrogen and oxygen atoms in total. The Labute approximate surface area is 108 Å². The summed E-state index contributed by atoms with van der Waals surface area (Å²) in [4.78, 5) is 26.7. The highest BCUT2D eigenvalue weighted by Crippen LogP contribution is 2.54.